The molecule has 0 heterocycles. The van der Waals surface area contributed by atoms with Crippen LogP contribution in [0.4, 0.5) is 4.39 Å². The lowest BCUT2D eigenvalue weighted by molar-refractivity contribution is -0.137. The van der Waals surface area contributed by atoms with Gasteiger partial charge in [-0.3, -0.25) is 4.79 Å². The Bertz CT molecular complexity index is 312. The van der Waals surface area contributed by atoms with Gasteiger partial charge in [-0.2, -0.15) is 0 Å². The third kappa shape index (κ3) is 3.43. The number of hydrogen-bond donors (Lipinski definition) is 1. The molecule has 1 aromatic carbocycles. The predicted molar refractivity (Wildman–Crippen MR) is 47.6 cm³/mol. The molecule has 3 nitrogen and oxygen atoms in total. The molecule has 14 heavy (non-hydrogen) atoms. The number of rotatable bonds is 5. The van der Waals surface area contributed by atoms with Crippen LogP contribution in [0.25, 0.3) is 0 Å². The number of hydrogen-bond acceptors (Lipinski definition) is 2. The molecular formula is C10H10FO3. The summed E-state index contributed by atoms with van der Waals surface area (Å²) in [7, 11) is 0. The summed E-state index contributed by atoms with van der Waals surface area (Å²) in [4.78, 5) is 10.1. The minimum atomic E-state index is -0.883. The van der Waals surface area contributed by atoms with Crippen LogP contribution in [-0.4, -0.2) is 17.7 Å². The van der Waals surface area contributed by atoms with Gasteiger partial charge >= 0.3 is 5.97 Å². The van der Waals surface area contributed by atoms with E-state index >= 15 is 0 Å². The highest BCUT2D eigenvalue weighted by Crippen LogP contribution is 2.14. The van der Waals surface area contributed by atoms with Crippen molar-refractivity contribution >= 4 is 5.97 Å². The standard InChI is InChI=1S/C10H10FO3/c11-8-4-1-2-5-9(8)14-7-3-6-10(12)13/h1-2,4H,3,6-7H2,(H,12,13). The fourth-order valence-corrected chi connectivity index (χ4v) is 0.909. The SMILES string of the molecule is O=C(O)CCCOc1[c]cccc1F. The monoisotopic (exact) mass is 197 g/mol. The van der Waals surface area contributed by atoms with Crippen molar-refractivity contribution in [3.8, 4) is 5.75 Å². The van der Waals surface area contributed by atoms with Gasteiger partial charge < -0.3 is 9.84 Å². The Labute approximate surface area is 81.1 Å². The minimum absolute atomic E-state index is 0.0223. The molecule has 0 aliphatic carbocycles. The van der Waals surface area contributed by atoms with Crippen LogP contribution in [0, 0.1) is 11.9 Å². The van der Waals surface area contributed by atoms with E-state index in [0.717, 1.165) is 0 Å². The van der Waals surface area contributed by atoms with E-state index in [0.29, 0.717) is 6.42 Å². The van der Waals surface area contributed by atoms with Gasteiger partial charge in [-0.15, -0.1) is 0 Å². The van der Waals surface area contributed by atoms with Gasteiger partial charge in [-0.1, -0.05) is 12.1 Å². The van der Waals surface area contributed by atoms with Crippen molar-refractivity contribution in [2.75, 3.05) is 6.61 Å². The first-order chi connectivity index (χ1) is 6.70. The largest absolute Gasteiger partial charge is 0.490 e. The molecule has 0 aromatic heterocycles. The molecule has 0 amide bonds. The molecule has 1 rings (SSSR count). The van der Waals surface area contributed by atoms with Crippen LogP contribution >= 0.6 is 0 Å². The lowest BCUT2D eigenvalue weighted by Gasteiger charge is -2.04. The average molecular weight is 197 g/mol. The third-order valence-electron chi connectivity index (χ3n) is 1.55. The normalized spacial score (nSPS) is 9.79. The first-order valence-electron chi connectivity index (χ1n) is 4.21. The summed E-state index contributed by atoms with van der Waals surface area (Å²) < 4.78 is 17.9. The van der Waals surface area contributed by atoms with Gasteiger partial charge in [-0.25, -0.2) is 4.39 Å². The summed E-state index contributed by atoms with van der Waals surface area (Å²) in [6.07, 6.45) is 0.381. The Balaban J connectivity index is 2.31. The first kappa shape index (κ1) is 10.5. The lowest BCUT2D eigenvalue weighted by atomic mass is 10.3. The summed E-state index contributed by atoms with van der Waals surface area (Å²) in [6.45, 7) is 0.184. The van der Waals surface area contributed by atoms with E-state index in [4.69, 9.17) is 9.84 Å². The van der Waals surface area contributed by atoms with Gasteiger partial charge in [-0.05, 0) is 12.5 Å². The number of aliphatic carboxylic acids is 1. The highest BCUT2D eigenvalue weighted by atomic mass is 19.1. The predicted octanol–water partition coefficient (Wildman–Crippen LogP) is 1.87. The van der Waals surface area contributed by atoms with E-state index < -0.39 is 11.8 Å². The van der Waals surface area contributed by atoms with Gasteiger partial charge in [0.25, 0.3) is 0 Å². The smallest absolute Gasteiger partial charge is 0.303 e. The number of carboxylic acid groups (broad SMARTS) is 1. The molecule has 1 aromatic rings. The van der Waals surface area contributed by atoms with Gasteiger partial charge in [0.1, 0.15) is 0 Å². The van der Waals surface area contributed by atoms with Crippen molar-refractivity contribution in [2.24, 2.45) is 0 Å². The quantitative estimate of drug-likeness (QED) is 0.733. The van der Waals surface area contributed by atoms with Crippen molar-refractivity contribution in [3.05, 3.63) is 30.1 Å². The highest BCUT2D eigenvalue weighted by molar-refractivity contribution is 5.66. The molecule has 0 fully saturated rings. The number of ether oxygens (including phenoxy) is 1. The van der Waals surface area contributed by atoms with E-state index in [9.17, 15) is 9.18 Å². The van der Waals surface area contributed by atoms with Gasteiger partial charge in [0.15, 0.2) is 11.6 Å². The lowest BCUT2D eigenvalue weighted by Crippen LogP contribution is -2.03. The van der Waals surface area contributed by atoms with Gasteiger partial charge in [0, 0.05) is 12.5 Å². The molecule has 0 unspecified atom stereocenters. The van der Waals surface area contributed by atoms with Crippen molar-refractivity contribution < 1.29 is 19.0 Å². The number of halogens is 1. The van der Waals surface area contributed by atoms with E-state index in [1.165, 1.54) is 18.2 Å². The molecule has 1 N–H and O–H groups in total. The second kappa shape index (κ2) is 5.21. The minimum Gasteiger partial charge on any atom is -0.490 e. The fraction of sp³-hybridized carbons (Fsp3) is 0.300. The maximum atomic E-state index is 12.9. The van der Waals surface area contributed by atoms with E-state index in [2.05, 4.69) is 6.07 Å². The van der Waals surface area contributed by atoms with Crippen LogP contribution in [-0.2, 0) is 4.79 Å². The Morgan fingerprint density at radius 3 is 3.07 bits per heavy atom. The Morgan fingerprint density at radius 1 is 1.64 bits per heavy atom. The van der Waals surface area contributed by atoms with Crippen LogP contribution in [0.2, 0.25) is 0 Å². The van der Waals surface area contributed by atoms with Crippen LogP contribution in [0.1, 0.15) is 12.8 Å². The molecule has 0 aliphatic rings. The van der Waals surface area contributed by atoms with E-state index in [1.54, 1.807) is 0 Å². The summed E-state index contributed by atoms with van der Waals surface area (Å²) in [5.74, 6) is -1.33. The highest BCUT2D eigenvalue weighted by Gasteiger charge is 2.02. The molecule has 0 saturated carbocycles. The van der Waals surface area contributed by atoms with E-state index in [-0.39, 0.29) is 18.8 Å². The number of para-hydroxylation sites is 1. The summed E-state index contributed by atoms with van der Waals surface area (Å²) in [5.41, 5.74) is 0. The summed E-state index contributed by atoms with van der Waals surface area (Å²) in [5, 5.41) is 8.33. The van der Waals surface area contributed by atoms with Crippen LogP contribution in [0.3, 0.4) is 0 Å². The van der Waals surface area contributed by atoms with Gasteiger partial charge in [0.2, 0.25) is 0 Å². The number of carboxylic acids is 1. The molecular weight excluding hydrogens is 187 g/mol. The molecule has 0 saturated heterocycles. The van der Waals surface area contributed by atoms with Crippen molar-refractivity contribution in [1.82, 2.24) is 0 Å². The van der Waals surface area contributed by atoms with Crippen molar-refractivity contribution in [1.29, 1.82) is 0 Å². The number of benzene rings is 1. The summed E-state index contributed by atoms with van der Waals surface area (Å²) in [6, 6.07) is 6.90. The zero-order chi connectivity index (χ0) is 10.4. The zero-order valence-corrected chi connectivity index (χ0v) is 7.50. The maximum Gasteiger partial charge on any atom is 0.303 e. The van der Waals surface area contributed by atoms with Crippen molar-refractivity contribution in [3.63, 3.8) is 0 Å². The molecule has 0 spiro atoms. The zero-order valence-electron chi connectivity index (χ0n) is 7.50. The van der Waals surface area contributed by atoms with Gasteiger partial charge in [0.05, 0.1) is 6.61 Å². The fourth-order valence-electron chi connectivity index (χ4n) is 0.909. The maximum absolute atomic E-state index is 12.9. The molecule has 4 heteroatoms. The average Bonchev–Trinajstić information content (AvgIpc) is 2.15. The third-order valence-corrected chi connectivity index (χ3v) is 1.55. The van der Waals surface area contributed by atoms with Crippen LogP contribution in [0.15, 0.2) is 18.2 Å². The second-order valence-electron chi connectivity index (χ2n) is 2.69. The Kier molecular flexibility index (Phi) is 3.91. The first-order valence-corrected chi connectivity index (χ1v) is 4.21. The molecule has 0 bridgehead atoms. The topological polar surface area (TPSA) is 46.5 Å². The van der Waals surface area contributed by atoms with Crippen LogP contribution < -0.4 is 4.74 Å². The van der Waals surface area contributed by atoms with E-state index in [1.807, 2.05) is 0 Å². The Hall–Kier alpha value is -1.58. The number of carbonyl (C=O) groups is 1. The molecule has 1 radical (unpaired) electrons. The second-order valence-corrected chi connectivity index (χ2v) is 2.69. The summed E-state index contributed by atoms with van der Waals surface area (Å²) >= 11 is 0. The molecule has 75 valence electrons. The molecule has 0 atom stereocenters. The van der Waals surface area contributed by atoms with Crippen LogP contribution in [0.5, 0.6) is 5.75 Å². The molecule has 0 aliphatic heterocycles. The van der Waals surface area contributed by atoms with Crippen molar-refractivity contribution in [2.45, 2.75) is 12.8 Å². The Morgan fingerprint density at radius 2 is 2.43 bits per heavy atom.